The van der Waals surface area contributed by atoms with Crippen molar-refractivity contribution in [3.63, 3.8) is 0 Å². The molecule has 0 radical (unpaired) electrons. The summed E-state index contributed by atoms with van der Waals surface area (Å²) in [5.74, 6) is 0. The fraction of sp³-hybridized carbons (Fsp3) is 0.300. The van der Waals surface area contributed by atoms with Crippen LogP contribution in [0, 0.1) is 0 Å². The molecule has 2 aromatic rings. The monoisotopic (exact) mass is 241 g/mol. The standard InChI is InChI=1S/C10H12ClN3S/c1-7(9-2-3-10(11)15-9)12-6-8-4-5-13-14-8/h2-5,7,12H,6H2,1H3,(H,13,14). The predicted molar refractivity (Wildman–Crippen MR) is 63.2 cm³/mol. The third-order valence-corrected chi connectivity index (χ3v) is 3.59. The topological polar surface area (TPSA) is 40.7 Å². The molecule has 2 N–H and O–H groups in total. The number of aromatic nitrogens is 2. The molecule has 80 valence electrons. The molecule has 2 aromatic heterocycles. The molecule has 3 nitrogen and oxygen atoms in total. The lowest BCUT2D eigenvalue weighted by Crippen LogP contribution is -2.17. The maximum atomic E-state index is 5.88. The lowest BCUT2D eigenvalue weighted by molar-refractivity contribution is 0.575. The van der Waals surface area contributed by atoms with Crippen LogP contribution >= 0.6 is 22.9 Å². The van der Waals surface area contributed by atoms with Crippen LogP contribution in [-0.4, -0.2) is 10.2 Å². The van der Waals surface area contributed by atoms with E-state index in [0.717, 1.165) is 16.6 Å². The number of halogens is 1. The van der Waals surface area contributed by atoms with E-state index in [1.807, 2.05) is 12.1 Å². The number of hydrogen-bond acceptors (Lipinski definition) is 3. The summed E-state index contributed by atoms with van der Waals surface area (Å²) >= 11 is 7.49. The molecule has 0 amide bonds. The summed E-state index contributed by atoms with van der Waals surface area (Å²) < 4.78 is 0.834. The zero-order valence-corrected chi connectivity index (χ0v) is 9.90. The molecule has 1 unspecified atom stereocenters. The third-order valence-electron chi connectivity index (χ3n) is 2.18. The minimum atomic E-state index is 0.311. The second kappa shape index (κ2) is 4.79. The van der Waals surface area contributed by atoms with Crippen LogP contribution in [0.15, 0.2) is 24.4 Å². The Labute approximate surface area is 97.5 Å². The molecule has 0 saturated carbocycles. The van der Waals surface area contributed by atoms with Crippen molar-refractivity contribution in [1.29, 1.82) is 0 Å². The van der Waals surface area contributed by atoms with Crippen LogP contribution in [-0.2, 0) is 6.54 Å². The number of thiophene rings is 1. The highest BCUT2D eigenvalue weighted by atomic mass is 35.5. The molecule has 2 rings (SSSR count). The number of hydrogen-bond donors (Lipinski definition) is 2. The Morgan fingerprint density at radius 2 is 2.40 bits per heavy atom. The van der Waals surface area contributed by atoms with E-state index in [1.54, 1.807) is 17.5 Å². The molecule has 0 spiro atoms. The lowest BCUT2D eigenvalue weighted by atomic mass is 10.2. The van der Waals surface area contributed by atoms with Gasteiger partial charge in [-0.1, -0.05) is 11.6 Å². The smallest absolute Gasteiger partial charge is 0.0931 e. The van der Waals surface area contributed by atoms with Crippen LogP contribution in [0.5, 0.6) is 0 Å². The summed E-state index contributed by atoms with van der Waals surface area (Å²) in [4.78, 5) is 1.25. The van der Waals surface area contributed by atoms with Gasteiger partial charge in [0.2, 0.25) is 0 Å². The van der Waals surface area contributed by atoms with E-state index in [0.29, 0.717) is 6.04 Å². The third kappa shape index (κ3) is 2.81. The van der Waals surface area contributed by atoms with E-state index in [2.05, 4.69) is 28.5 Å². The molecule has 0 saturated heterocycles. The Kier molecular flexibility index (Phi) is 3.41. The van der Waals surface area contributed by atoms with Crippen LogP contribution in [0.1, 0.15) is 23.5 Å². The van der Waals surface area contributed by atoms with E-state index in [1.165, 1.54) is 4.88 Å². The maximum Gasteiger partial charge on any atom is 0.0931 e. The number of H-pyrrole nitrogens is 1. The first-order chi connectivity index (χ1) is 7.25. The van der Waals surface area contributed by atoms with Gasteiger partial charge in [0.05, 0.1) is 4.34 Å². The van der Waals surface area contributed by atoms with Gasteiger partial charge in [-0.2, -0.15) is 5.10 Å². The average Bonchev–Trinajstić information content (AvgIpc) is 2.84. The molecule has 2 heterocycles. The Morgan fingerprint density at radius 1 is 1.53 bits per heavy atom. The number of nitrogens with one attached hydrogen (secondary N) is 2. The fourth-order valence-electron chi connectivity index (χ4n) is 1.31. The van der Waals surface area contributed by atoms with Crippen LogP contribution < -0.4 is 5.32 Å². The predicted octanol–water partition coefficient (Wildman–Crippen LogP) is 2.98. The van der Waals surface area contributed by atoms with Gasteiger partial charge in [-0.25, -0.2) is 0 Å². The molecule has 0 aliphatic heterocycles. The Hall–Kier alpha value is -0.840. The summed E-state index contributed by atoms with van der Waals surface area (Å²) in [5.41, 5.74) is 1.09. The van der Waals surface area contributed by atoms with Gasteiger partial charge in [-0.3, -0.25) is 5.10 Å². The summed E-state index contributed by atoms with van der Waals surface area (Å²) in [5, 5.41) is 10.2. The Morgan fingerprint density at radius 3 is 3.00 bits per heavy atom. The van der Waals surface area contributed by atoms with Gasteiger partial charge in [-0.05, 0) is 25.1 Å². The number of rotatable bonds is 4. The SMILES string of the molecule is CC(NCc1ccn[nH]1)c1ccc(Cl)s1. The van der Waals surface area contributed by atoms with Gasteiger partial charge in [0.1, 0.15) is 0 Å². The van der Waals surface area contributed by atoms with Gasteiger partial charge in [-0.15, -0.1) is 11.3 Å². The van der Waals surface area contributed by atoms with Crippen LogP contribution in [0.2, 0.25) is 4.34 Å². The van der Waals surface area contributed by atoms with Crippen LogP contribution in [0.25, 0.3) is 0 Å². The van der Waals surface area contributed by atoms with E-state index in [4.69, 9.17) is 11.6 Å². The Balaban J connectivity index is 1.90. The van der Waals surface area contributed by atoms with E-state index >= 15 is 0 Å². The molecule has 15 heavy (non-hydrogen) atoms. The Bertz CT molecular complexity index is 410. The van der Waals surface area contributed by atoms with Gasteiger partial charge in [0.15, 0.2) is 0 Å². The fourth-order valence-corrected chi connectivity index (χ4v) is 2.40. The quantitative estimate of drug-likeness (QED) is 0.864. The first-order valence-electron chi connectivity index (χ1n) is 4.72. The molecule has 1 atom stereocenters. The largest absolute Gasteiger partial charge is 0.304 e. The summed E-state index contributed by atoms with van der Waals surface area (Å²) in [6.07, 6.45) is 1.75. The van der Waals surface area contributed by atoms with Gasteiger partial charge >= 0.3 is 0 Å². The van der Waals surface area contributed by atoms with Crippen molar-refractivity contribution in [3.05, 3.63) is 39.3 Å². The van der Waals surface area contributed by atoms with Crippen LogP contribution in [0.4, 0.5) is 0 Å². The van der Waals surface area contributed by atoms with Gasteiger partial charge in [0, 0.05) is 29.4 Å². The molecular formula is C10H12ClN3S. The molecule has 5 heteroatoms. The lowest BCUT2D eigenvalue weighted by Gasteiger charge is -2.10. The van der Waals surface area contributed by atoms with Crippen molar-refractivity contribution >= 4 is 22.9 Å². The molecule has 0 fully saturated rings. The minimum absolute atomic E-state index is 0.311. The second-order valence-electron chi connectivity index (χ2n) is 3.33. The molecule has 0 bridgehead atoms. The van der Waals surface area contributed by atoms with E-state index in [-0.39, 0.29) is 0 Å². The summed E-state index contributed by atoms with van der Waals surface area (Å²) in [6, 6.07) is 6.25. The zero-order valence-electron chi connectivity index (χ0n) is 8.33. The molecule has 0 aliphatic carbocycles. The van der Waals surface area contributed by atoms with Gasteiger partial charge in [0.25, 0.3) is 0 Å². The van der Waals surface area contributed by atoms with Crippen LogP contribution in [0.3, 0.4) is 0 Å². The van der Waals surface area contributed by atoms with Crippen molar-refractivity contribution in [2.45, 2.75) is 19.5 Å². The first kappa shape index (κ1) is 10.7. The molecular weight excluding hydrogens is 230 g/mol. The second-order valence-corrected chi connectivity index (χ2v) is 5.07. The summed E-state index contributed by atoms with van der Waals surface area (Å²) in [6.45, 7) is 2.91. The van der Waals surface area contributed by atoms with E-state index in [9.17, 15) is 0 Å². The minimum Gasteiger partial charge on any atom is -0.304 e. The highest BCUT2D eigenvalue weighted by molar-refractivity contribution is 7.16. The summed E-state index contributed by atoms with van der Waals surface area (Å²) in [7, 11) is 0. The first-order valence-corrected chi connectivity index (χ1v) is 5.92. The van der Waals surface area contributed by atoms with Crippen molar-refractivity contribution in [1.82, 2.24) is 15.5 Å². The normalized spacial score (nSPS) is 12.9. The maximum absolute atomic E-state index is 5.88. The van der Waals surface area contributed by atoms with Crippen molar-refractivity contribution in [3.8, 4) is 0 Å². The average molecular weight is 242 g/mol. The number of nitrogens with zero attached hydrogens (tertiary/aromatic N) is 1. The van der Waals surface area contributed by atoms with Crippen molar-refractivity contribution in [2.75, 3.05) is 0 Å². The zero-order chi connectivity index (χ0) is 10.7. The van der Waals surface area contributed by atoms with Crippen molar-refractivity contribution < 1.29 is 0 Å². The van der Waals surface area contributed by atoms with Crippen molar-refractivity contribution in [2.24, 2.45) is 0 Å². The number of aromatic amines is 1. The van der Waals surface area contributed by atoms with E-state index < -0.39 is 0 Å². The highest BCUT2D eigenvalue weighted by Gasteiger charge is 2.07. The van der Waals surface area contributed by atoms with Gasteiger partial charge < -0.3 is 5.32 Å². The molecule has 0 aliphatic rings. The highest BCUT2D eigenvalue weighted by Crippen LogP contribution is 2.26. The molecule has 0 aromatic carbocycles.